The lowest BCUT2D eigenvalue weighted by Gasteiger charge is -2.26. The third kappa shape index (κ3) is 4.94. The molecule has 5 nitrogen and oxygen atoms in total. The molecule has 0 amide bonds. The highest BCUT2D eigenvalue weighted by Gasteiger charge is 2.25. The zero-order valence-corrected chi connectivity index (χ0v) is 13.8. The van der Waals surface area contributed by atoms with Crippen LogP contribution in [0.25, 0.3) is 0 Å². The van der Waals surface area contributed by atoms with Crippen molar-refractivity contribution >= 4 is 15.9 Å². The number of para-hydroxylation sites is 1. The first-order valence-corrected chi connectivity index (χ1v) is 8.34. The van der Waals surface area contributed by atoms with Crippen molar-refractivity contribution in [3.63, 3.8) is 0 Å². The van der Waals surface area contributed by atoms with Crippen LogP contribution in [0.1, 0.15) is 20.3 Å². The van der Waals surface area contributed by atoms with Crippen molar-refractivity contribution in [1.29, 1.82) is 0 Å². The normalized spacial score (nSPS) is 12.1. The van der Waals surface area contributed by atoms with Crippen LogP contribution in [0.4, 0.5) is 10.1 Å². The third-order valence-electron chi connectivity index (χ3n) is 3.13. The molecule has 0 saturated carbocycles. The van der Waals surface area contributed by atoms with Gasteiger partial charge in [0.1, 0.15) is 5.82 Å². The van der Waals surface area contributed by atoms with Crippen molar-refractivity contribution < 1.29 is 12.8 Å². The van der Waals surface area contributed by atoms with Gasteiger partial charge in [0, 0.05) is 26.7 Å². The number of anilines is 1. The van der Waals surface area contributed by atoms with E-state index in [1.807, 2.05) is 13.8 Å². The Morgan fingerprint density at radius 3 is 2.43 bits per heavy atom. The van der Waals surface area contributed by atoms with Gasteiger partial charge in [-0.3, -0.25) is 4.31 Å². The van der Waals surface area contributed by atoms with Gasteiger partial charge in [-0.2, -0.15) is 12.7 Å². The average Bonchev–Trinajstić information content (AvgIpc) is 2.42. The summed E-state index contributed by atoms with van der Waals surface area (Å²) in [7, 11) is -0.857. The molecule has 1 aromatic carbocycles. The number of rotatable bonds is 8. The molecule has 1 aromatic rings. The van der Waals surface area contributed by atoms with Gasteiger partial charge in [-0.05, 0) is 25.1 Å². The number of nitrogens with zero attached hydrogens (tertiary/aromatic N) is 2. The van der Waals surface area contributed by atoms with Crippen molar-refractivity contribution in [1.82, 2.24) is 9.62 Å². The number of hydrogen-bond acceptors (Lipinski definition) is 3. The fourth-order valence-corrected chi connectivity index (χ4v) is 3.02. The Morgan fingerprint density at radius 2 is 1.86 bits per heavy atom. The van der Waals surface area contributed by atoms with Gasteiger partial charge in [0.25, 0.3) is 0 Å². The van der Waals surface area contributed by atoms with Crippen LogP contribution in [0.3, 0.4) is 0 Å². The zero-order valence-electron chi connectivity index (χ0n) is 13.0. The molecule has 0 aliphatic heterocycles. The number of halogens is 1. The molecule has 1 N–H and O–H groups in total. The SMILES string of the molecule is CC(C)NCCCN(C)S(=O)(=O)N(C)c1ccccc1F. The smallest absolute Gasteiger partial charge is 0.303 e. The number of benzene rings is 1. The zero-order chi connectivity index (χ0) is 16.0. The minimum Gasteiger partial charge on any atom is -0.314 e. The minimum absolute atomic E-state index is 0.0460. The van der Waals surface area contributed by atoms with E-state index in [1.165, 1.54) is 36.6 Å². The van der Waals surface area contributed by atoms with Gasteiger partial charge in [-0.25, -0.2) is 4.39 Å². The van der Waals surface area contributed by atoms with E-state index in [9.17, 15) is 12.8 Å². The molecule has 0 atom stereocenters. The molecule has 0 saturated heterocycles. The summed E-state index contributed by atoms with van der Waals surface area (Å²) in [6, 6.07) is 6.19. The maximum atomic E-state index is 13.7. The molecule has 7 heteroatoms. The van der Waals surface area contributed by atoms with Crippen LogP contribution in [-0.4, -0.2) is 45.9 Å². The quantitative estimate of drug-likeness (QED) is 0.744. The molecule has 0 fully saturated rings. The van der Waals surface area contributed by atoms with Gasteiger partial charge in [-0.1, -0.05) is 26.0 Å². The van der Waals surface area contributed by atoms with E-state index in [-0.39, 0.29) is 5.69 Å². The van der Waals surface area contributed by atoms with Crippen LogP contribution < -0.4 is 9.62 Å². The molecule has 1 rings (SSSR count). The maximum absolute atomic E-state index is 13.7. The lowest BCUT2D eigenvalue weighted by Crippen LogP contribution is -2.41. The van der Waals surface area contributed by atoms with Crippen LogP contribution >= 0.6 is 0 Å². The van der Waals surface area contributed by atoms with Crippen molar-refractivity contribution in [2.45, 2.75) is 26.3 Å². The number of nitrogens with one attached hydrogen (secondary N) is 1. The highest BCUT2D eigenvalue weighted by molar-refractivity contribution is 7.90. The predicted molar refractivity (Wildman–Crippen MR) is 84.1 cm³/mol. The summed E-state index contributed by atoms with van der Waals surface area (Å²) < 4.78 is 40.7. The molecule has 0 aliphatic carbocycles. The predicted octanol–water partition coefficient (Wildman–Crippen LogP) is 1.83. The van der Waals surface area contributed by atoms with E-state index in [2.05, 4.69) is 5.32 Å². The lowest BCUT2D eigenvalue weighted by molar-refractivity contribution is 0.446. The summed E-state index contributed by atoms with van der Waals surface area (Å²) in [5.41, 5.74) is 0.0460. The number of hydrogen-bond donors (Lipinski definition) is 1. The van der Waals surface area contributed by atoms with Crippen molar-refractivity contribution in [3.8, 4) is 0 Å². The second kappa shape index (κ2) is 7.72. The molecule has 0 aliphatic rings. The maximum Gasteiger partial charge on any atom is 0.303 e. The Balaban J connectivity index is 2.69. The Morgan fingerprint density at radius 1 is 1.24 bits per heavy atom. The summed E-state index contributed by atoms with van der Waals surface area (Å²) in [6.45, 7) is 5.18. The molecule has 0 aromatic heterocycles. The first-order valence-electron chi connectivity index (χ1n) is 6.95. The Kier molecular flexibility index (Phi) is 6.57. The van der Waals surface area contributed by atoms with Crippen molar-refractivity contribution in [2.75, 3.05) is 31.5 Å². The highest BCUT2D eigenvalue weighted by atomic mass is 32.2. The largest absolute Gasteiger partial charge is 0.314 e. The first kappa shape index (κ1) is 17.9. The van der Waals surface area contributed by atoms with Gasteiger partial charge in [0.2, 0.25) is 0 Å². The minimum atomic E-state index is -3.72. The Bertz CT molecular complexity index is 549. The Labute approximate surface area is 126 Å². The average molecular weight is 317 g/mol. The summed E-state index contributed by atoms with van der Waals surface area (Å²) in [6.07, 6.45) is 0.693. The molecule has 0 unspecified atom stereocenters. The van der Waals surface area contributed by atoms with E-state index >= 15 is 0 Å². The molecule has 120 valence electrons. The van der Waals surface area contributed by atoms with Gasteiger partial charge in [0.05, 0.1) is 5.69 Å². The highest BCUT2D eigenvalue weighted by Crippen LogP contribution is 2.21. The van der Waals surface area contributed by atoms with Crippen LogP contribution in [0.2, 0.25) is 0 Å². The van der Waals surface area contributed by atoms with Crippen LogP contribution in [0, 0.1) is 5.82 Å². The molecule has 21 heavy (non-hydrogen) atoms. The van der Waals surface area contributed by atoms with Crippen molar-refractivity contribution in [3.05, 3.63) is 30.1 Å². The van der Waals surface area contributed by atoms with E-state index in [0.717, 1.165) is 10.8 Å². The monoisotopic (exact) mass is 317 g/mol. The second-order valence-corrected chi connectivity index (χ2v) is 7.28. The molecule has 0 bridgehead atoms. The fourth-order valence-electron chi connectivity index (χ4n) is 1.85. The third-order valence-corrected chi connectivity index (χ3v) is 4.99. The van der Waals surface area contributed by atoms with E-state index in [1.54, 1.807) is 6.07 Å². The molecular formula is C14H24FN3O2S. The summed E-state index contributed by atoms with van der Waals surface area (Å²) in [5.74, 6) is -0.557. The topological polar surface area (TPSA) is 52.7 Å². The van der Waals surface area contributed by atoms with Crippen LogP contribution in [0.5, 0.6) is 0 Å². The lowest BCUT2D eigenvalue weighted by atomic mass is 10.3. The van der Waals surface area contributed by atoms with E-state index in [4.69, 9.17) is 0 Å². The molecule has 0 heterocycles. The fraction of sp³-hybridized carbons (Fsp3) is 0.571. The van der Waals surface area contributed by atoms with Gasteiger partial charge in [0.15, 0.2) is 0 Å². The second-order valence-electron chi connectivity index (χ2n) is 5.21. The van der Waals surface area contributed by atoms with Gasteiger partial charge < -0.3 is 5.32 Å². The molecular weight excluding hydrogens is 293 g/mol. The van der Waals surface area contributed by atoms with E-state index in [0.29, 0.717) is 19.0 Å². The summed E-state index contributed by atoms with van der Waals surface area (Å²) in [5, 5.41) is 3.23. The Hall–Kier alpha value is -1.18. The van der Waals surface area contributed by atoms with Gasteiger partial charge >= 0.3 is 10.2 Å². The van der Waals surface area contributed by atoms with E-state index < -0.39 is 16.0 Å². The van der Waals surface area contributed by atoms with Crippen molar-refractivity contribution in [2.24, 2.45) is 0 Å². The summed E-state index contributed by atoms with van der Waals surface area (Å²) >= 11 is 0. The van der Waals surface area contributed by atoms with Gasteiger partial charge in [-0.15, -0.1) is 0 Å². The molecule has 0 spiro atoms. The first-order chi connectivity index (χ1) is 9.76. The standard InChI is InChI=1S/C14H24FN3O2S/c1-12(2)16-10-7-11-17(3)21(19,20)18(4)14-9-6-5-8-13(14)15/h5-6,8-9,12,16H,7,10-11H2,1-4H3. The van der Waals surface area contributed by atoms with Crippen LogP contribution in [0.15, 0.2) is 24.3 Å². The molecule has 0 radical (unpaired) electrons. The van der Waals surface area contributed by atoms with Crippen LogP contribution in [-0.2, 0) is 10.2 Å². The summed E-state index contributed by atoms with van der Waals surface area (Å²) in [4.78, 5) is 0.